The van der Waals surface area contributed by atoms with Crippen molar-refractivity contribution in [3.8, 4) is 11.5 Å². The summed E-state index contributed by atoms with van der Waals surface area (Å²) in [5.74, 6) is 0.171. The average Bonchev–Trinajstić information content (AvgIpc) is 2.69. The van der Waals surface area contributed by atoms with E-state index in [-0.39, 0.29) is 24.2 Å². The third-order valence-corrected chi connectivity index (χ3v) is 4.17. The maximum Gasteiger partial charge on any atom is 0.258 e. The highest BCUT2D eigenvalue weighted by atomic mass is 19.1. The molecule has 0 unspecified atom stereocenters. The predicted octanol–water partition coefficient (Wildman–Crippen LogP) is 4.22. The molecular weight excluding hydrogens is 347 g/mol. The highest BCUT2D eigenvalue weighted by Crippen LogP contribution is 2.30. The third-order valence-electron chi connectivity index (χ3n) is 4.17. The van der Waals surface area contributed by atoms with Crippen molar-refractivity contribution in [3.05, 3.63) is 84.2 Å². The molecule has 1 N–H and O–H groups in total. The largest absolute Gasteiger partial charge is 0.457 e. The first-order valence-electron chi connectivity index (χ1n) is 8.34. The summed E-state index contributed by atoms with van der Waals surface area (Å²) >= 11 is 0. The molecule has 4 rings (SSSR count). The van der Waals surface area contributed by atoms with Gasteiger partial charge in [-0.2, -0.15) is 0 Å². The van der Waals surface area contributed by atoms with Gasteiger partial charge in [0.15, 0.2) is 0 Å². The number of halogens is 1. The van der Waals surface area contributed by atoms with Crippen LogP contribution >= 0.6 is 0 Å². The molecule has 0 saturated carbocycles. The normalized spacial score (nSPS) is 12.9. The van der Waals surface area contributed by atoms with Crippen molar-refractivity contribution in [1.29, 1.82) is 0 Å². The molecule has 0 spiro atoms. The second-order valence-corrected chi connectivity index (χ2v) is 6.04. The van der Waals surface area contributed by atoms with Gasteiger partial charge in [0, 0.05) is 5.56 Å². The lowest BCUT2D eigenvalue weighted by atomic mass is 10.1. The van der Waals surface area contributed by atoms with Crippen LogP contribution in [0.4, 0.5) is 15.8 Å². The highest BCUT2D eigenvalue weighted by Gasteiger charge is 2.27. The van der Waals surface area contributed by atoms with Gasteiger partial charge in [-0.05, 0) is 60.7 Å². The van der Waals surface area contributed by atoms with Crippen LogP contribution in [0.2, 0.25) is 0 Å². The lowest BCUT2D eigenvalue weighted by Crippen LogP contribution is -2.42. The van der Waals surface area contributed by atoms with Crippen LogP contribution in [0.5, 0.6) is 11.5 Å². The molecule has 0 saturated heterocycles. The van der Waals surface area contributed by atoms with Crippen molar-refractivity contribution in [2.24, 2.45) is 0 Å². The molecule has 2 amide bonds. The first-order valence-corrected chi connectivity index (χ1v) is 8.34. The van der Waals surface area contributed by atoms with E-state index in [1.807, 2.05) is 6.07 Å². The fourth-order valence-corrected chi connectivity index (χ4v) is 2.87. The Kier molecular flexibility index (Phi) is 4.30. The number of benzene rings is 3. The second kappa shape index (κ2) is 6.92. The topological polar surface area (TPSA) is 58.6 Å². The van der Waals surface area contributed by atoms with E-state index in [9.17, 15) is 14.0 Å². The summed E-state index contributed by atoms with van der Waals surface area (Å²) in [6.45, 7) is -0.0380. The number of carbonyl (C=O) groups is 2. The quantitative estimate of drug-likeness (QED) is 0.759. The Labute approximate surface area is 155 Å². The lowest BCUT2D eigenvalue weighted by Gasteiger charge is -2.29. The number of anilines is 2. The Balaban J connectivity index is 1.54. The van der Waals surface area contributed by atoms with Gasteiger partial charge in [-0.15, -0.1) is 0 Å². The minimum atomic E-state index is -0.339. The molecule has 1 aliphatic heterocycles. The molecule has 0 atom stereocenters. The molecule has 27 heavy (non-hydrogen) atoms. The van der Waals surface area contributed by atoms with Gasteiger partial charge in [0.1, 0.15) is 23.9 Å². The van der Waals surface area contributed by atoms with Gasteiger partial charge in [0.25, 0.3) is 5.91 Å². The Morgan fingerprint density at radius 3 is 2.26 bits per heavy atom. The van der Waals surface area contributed by atoms with Crippen molar-refractivity contribution < 1.29 is 18.7 Å². The van der Waals surface area contributed by atoms with Crippen LogP contribution in [0.25, 0.3) is 0 Å². The Morgan fingerprint density at radius 1 is 0.926 bits per heavy atom. The summed E-state index contributed by atoms with van der Waals surface area (Å²) in [5.41, 5.74) is 1.71. The van der Waals surface area contributed by atoms with Gasteiger partial charge in [-0.25, -0.2) is 4.39 Å². The summed E-state index contributed by atoms with van der Waals surface area (Å²) < 4.78 is 18.6. The van der Waals surface area contributed by atoms with E-state index >= 15 is 0 Å². The monoisotopic (exact) mass is 362 g/mol. The Hall–Kier alpha value is -3.67. The van der Waals surface area contributed by atoms with Crippen LogP contribution in [-0.4, -0.2) is 18.4 Å². The average molecular weight is 362 g/mol. The van der Waals surface area contributed by atoms with Crippen molar-refractivity contribution >= 4 is 23.2 Å². The van der Waals surface area contributed by atoms with Crippen LogP contribution in [0, 0.1) is 5.82 Å². The number of rotatable bonds is 3. The molecular formula is C21H15FN2O3. The zero-order chi connectivity index (χ0) is 18.8. The molecule has 5 nitrogen and oxygen atoms in total. The molecule has 0 bridgehead atoms. The number of amides is 2. The summed E-state index contributed by atoms with van der Waals surface area (Å²) in [6, 6.07) is 19.4. The zero-order valence-electron chi connectivity index (χ0n) is 14.2. The van der Waals surface area contributed by atoms with Crippen LogP contribution < -0.4 is 15.0 Å². The van der Waals surface area contributed by atoms with Crippen LogP contribution in [-0.2, 0) is 4.79 Å². The molecule has 0 radical (unpaired) electrons. The molecule has 6 heteroatoms. The van der Waals surface area contributed by atoms with Gasteiger partial charge in [-0.1, -0.05) is 12.1 Å². The van der Waals surface area contributed by atoms with Gasteiger partial charge in [0.2, 0.25) is 5.91 Å². The Bertz CT molecular complexity index is 1000. The van der Waals surface area contributed by atoms with Crippen molar-refractivity contribution in [3.63, 3.8) is 0 Å². The van der Waals surface area contributed by atoms with Gasteiger partial charge in [-0.3, -0.25) is 14.5 Å². The first-order chi connectivity index (χ1) is 13.1. The molecule has 0 aromatic heterocycles. The number of ether oxygens (including phenoxy) is 1. The van der Waals surface area contributed by atoms with E-state index in [0.717, 1.165) is 0 Å². The minimum Gasteiger partial charge on any atom is -0.457 e. The molecule has 0 aliphatic carbocycles. The second-order valence-electron chi connectivity index (χ2n) is 6.04. The number of hydrogen-bond donors (Lipinski definition) is 1. The smallest absolute Gasteiger partial charge is 0.258 e. The van der Waals surface area contributed by atoms with E-state index in [1.165, 1.54) is 29.2 Å². The van der Waals surface area contributed by atoms with Gasteiger partial charge < -0.3 is 10.1 Å². The minimum absolute atomic E-state index is 0.0380. The zero-order valence-corrected chi connectivity index (χ0v) is 14.2. The molecule has 1 aliphatic rings. The van der Waals surface area contributed by atoms with Crippen molar-refractivity contribution in [2.45, 2.75) is 0 Å². The van der Waals surface area contributed by atoms with Crippen molar-refractivity contribution in [2.75, 3.05) is 16.8 Å². The number of fused-ring (bicyclic) bond motifs is 1. The molecule has 1 heterocycles. The summed E-state index contributed by atoms with van der Waals surface area (Å²) in [4.78, 5) is 26.2. The summed E-state index contributed by atoms with van der Waals surface area (Å²) in [7, 11) is 0. The number of carbonyl (C=O) groups excluding carboxylic acids is 2. The van der Waals surface area contributed by atoms with E-state index in [0.29, 0.717) is 28.4 Å². The highest BCUT2D eigenvalue weighted by molar-refractivity contribution is 6.15. The standard InChI is InChI=1S/C21H15FN2O3/c22-15-7-11-17(12-8-15)27-16-9-5-14(6-10-16)21(26)24-13-20(25)23-18-3-1-2-4-19(18)24/h1-12H,13H2,(H,23,25). The van der Waals surface area contributed by atoms with E-state index in [1.54, 1.807) is 42.5 Å². The molecule has 3 aromatic rings. The fraction of sp³-hybridized carbons (Fsp3) is 0.0476. The SMILES string of the molecule is O=C1CN(C(=O)c2ccc(Oc3ccc(F)cc3)cc2)c2ccccc2N1. The van der Waals surface area contributed by atoms with Crippen LogP contribution in [0.1, 0.15) is 10.4 Å². The van der Waals surface area contributed by atoms with Crippen LogP contribution in [0.15, 0.2) is 72.8 Å². The molecule has 134 valence electrons. The lowest BCUT2D eigenvalue weighted by molar-refractivity contribution is -0.115. The fourth-order valence-electron chi connectivity index (χ4n) is 2.87. The predicted molar refractivity (Wildman–Crippen MR) is 99.7 cm³/mol. The summed E-state index contributed by atoms with van der Waals surface area (Å²) in [6.07, 6.45) is 0. The maximum absolute atomic E-state index is 13.0. The Morgan fingerprint density at radius 2 is 1.56 bits per heavy atom. The number of nitrogens with zero attached hydrogens (tertiary/aromatic N) is 1. The van der Waals surface area contributed by atoms with Gasteiger partial charge in [0.05, 0.1) is 11.4 Å². The molecule has 3 aromatic carbocycles. The maximum atomic E-state index is 13.0. The summed E-state index contributed by atoms with van der Waals surface area (Å²) in [5, 5.41) is 2.76. The van der Waals surface area contributed by atoms with Crippen molar-refractivity contribution in [1.82, 2.24) is 0 Å². The first kappa shape index (κ1) is 16.8. The van der Waals surface area contributed by atoms with E-state index in [4.69, 9.17) is 4.74 Å². The number of hydrogen-bond acceptors (Lipinski definition) is 3. The van der Waals surface area contributed by atoms with E-state index in [2.05, 4.69) is 5.32 Å². The number of nitrogens with one attached hydrogen (secondary N) is 1. The third kappa shape index (κ3) is 3.50. The number of para-hydroxylation sites is 2. The van der Waals surface area contributed by atoms with E-state index < -0.39 is 0 Å². The van der Waals surface area contributed by atoms with Gasteiger partial charge >= 0.3 is 0 Å². The van der Waals surface area contributed by atoms with Crippen LogP contribution in [0.3, 0.4) is 0 Å². The molecule has 0 fully saturated rings.